The summed E-state index contributed by atoms with van der Waals surface area (Å²) in [6, 6.07) is 6.85. The number of carbonyl (C=O) groups is 3. The van der Waals surface area contributed by atoms with Crippen LogP contribution in [0.15, 0.2) is 24.3 Å². The molecule has 2 fully saturated rings. The molecule has 2 saturated carbocycles. The molecular formula is C17H20N2O5. The Labute approximate surface area is 139 Å². The third kappa shape index (κ3) is 4.04. The second-order valence-electron chi connectivity index (χ2n) is 6.44. The minimum Gasteiger partial charge on any atom is -0.484 e. The van der Waals surface area contributed by atoms with Crippen LogP contribution in [0.1, 0.15) is 25.7 Å². The van der Waals surface area contributed by atoms with E-state index in [-0.39, 0.29) is 30.9 Å². The first-order valence-electron chi connectivity index (χ1n) is 8.02. The van der Waals surface area contributed by atoms with Gasteiger partial charge in [0.25, 0.3) is 5.91 Å². The second kappa shape index (κ2) is 6.51. The van der Waals surface area contributed by atoms with Crippen LogP contribution in [0.3, 0.4) is 0 Å². The SMILES string of the molecule is O=C(COc1cccc(NC(=O)C2CC2)c1)NCC1(C(=O)O)CC1. The van der Waals surface area contributed by atoms with Crippen LogP contribution >= 0.6 is 0 Å². The van der Waals surface area contributed by atoms with Crippen molar-refractivity contribution >= 4 is 23.5 Å². The number of anilines is 1. The first-order valence-corrected chi connectivity index (χ1v) is 8.02. The maximum atomic E-state index is 11.8. The van der Waals surface area contributed by atoms with Crippen LogP contribution in [0.25, 0.3) is 0 Å². The molecule has 0 atom stereocenters. The van der Waals surface area contributed by atoms with Gasteiger partial charge in [-0.3, -0.25) is 14.4 Å². The van der Waals surface area contributed by atoms with Gasteiger partial charge >= 0.3 is 5.97 Å². The van der Waals surface area contributed by atoms with Crippen molar-refractivity contribution in [3.8, 4) is 5.75 Å². The van der Waals surface area contributed by atoms with E-state index in [0.29, 0.717) is 24.3 Å². The number of hydrogen-bond acceptors (Lipinski definition) is 4. The van der Waals surface area contributed by atoms with Crippen molar-refractivity contribution < 1.29 is 24.2 Å². The Morgan fingerprint density at radius 3 is 2.62 bits per heavy atom. The van der Waals surface area contributed by atoms with Crippen molar-refractivity contribution in [1.29, 1.82) is 0 Å². The van der Waals surface area contributed by atoms with E-state index in [2.05, 4.69) is 10.6 Å². The molecule has 3 rings (SSSR count). The smallest absolute Gasteiger partial charge is 0.311 e. The van der Waals surface area contributed by atoms with Gasteiger partial charge in [-0.05, 0) is 37.8 Å². The fourth-order valence-corrected chi connectivity index (χ4v) is 2.34. The average Bonchev–Trinajstić information content (AvgIpc) is 3.45. The van der Waals surface area contributed by atoms with Crippen molar-refractivity contribution in [3.05, 3.63) is 24.3 Å². The van der Waals surface area contributed by atoms with E-state index >= 15 is 0 Å². The van der Waals surface area contributed by atoms with E-state index < -0.39 is 11.4 Å². The molecule has 2 amide bonds. The highest BCUT2D eigenvalue weighted by atomic mass is 16.5. The van der Waals surface area contributed by atoms with Gasteiger partial charge < -0.3 is 20.5 Å². The zero-order valence-electron chi connectivity index (χ0n) is 13.2. The van der Waals surface area contributed by atoms with E-state index in [1.54, 1.807) is 24.3 Å². The number of nitrogens with one attached hydrogen (secondary N) is 2. The summed E-state index contributed by atoms with van der Waals surface area (Å²) in [6.07, 6.45) is 3.04. The molecule has 7 nitrogen and oxygen atoms in total. The summed E-state index contributed by atoms with van der Waals surface area (Å²) in [5.41, 5.74) is -0.157. The fourth-order valence-electron chi connectivity index (χ4n) is 2.34. The molecule has 2 aliphatic carbocycles. The first-order chi connectivity index (χ1) is 11.5. The third-order valence-electron chi connectivity index (χ3n) is 4.35. The number of ether oxygens (including phenoxy) is 1. The van der Waals surface area contributed by atoms with Gasteiger partial charge in [0.05, 0.1) is 5.41 Å². The maximum Gasteiger partial charge on any atom is 0.311 e. The molecule has 0 heterocycles. The lowest BCUT2D eigenvalue weighted by Gasteiger charge is -2.12. The Morgan fingerprint density at radius 2 is 2.00 bits per heavy atom. The molecule has 0 radical (unpaired) electrons. The van der Waals surface area contributed by atoms with Crippen LogP contribution < -0.4 is 15.4 Å². The molecule has 0 aromatic heterocycles. The molecular weight excluding hydrogens is 312 g/mol. The van der Waals surface area contributed by atoms with Gasteiger partial charge in [0.2, 0.25) is 5.91 Å². The molecule has 0 bridgehead atoms. The van der Waals surface area contributed by atoms with Crippen LogP contribution in [0.2, 0.25) is 0 Å². The van der Waals surface area contributed by atoms with Crippen molar-refractivity contribution in [2.24, 2.45) is 11.3 Å². The Morgan fingerprint density at radius 1 is 1.25 bits per heavy atom. The summed E-state index contributed by atoms with van der Waals surface area (Å²) < 4.78 is 5.40. The zero-order valence-corrected chi connectivity index (χ0v) is 13.2. The van der Waals surface area contributed by atoms with Crippen LogP contribution in [0.4, 0.5) is 5.69 Å². The molecule has 0 saturated heterocycles. The first kappa shape index (κ1) is 16.3. The van der Waals surface area contributed by atoms with E-state index in [0.717, 1.165) is 12.8 Å². The largest absolute Gasteiger partial charge is 0.484 e. The number of carboxylic acid groups (broad SMARTS) is 1. The van der Waals surface area contributed by atoms with E-state index in [9.17, 15) is 14.4 Å². The summed E-state index contributed by atoms with van der Waals surface area (Å²) >= 11 is 0. The van der Waals surface area contributed by atoms with Gasteiger partial charge in [-0.2, -0.15) is 0 Å². The topological polar surface area (TPSA) is 105 Å². The number of carbonyl (C=O) groups excluding carboxylic acids is 2. The third-order valence-corrected chi connectivity index (χ3v) is 4.35. The predicted octanol–water partition coefficient (Wildman–Crippen LogP) is 1.39. The minimum atomic E-state index is -0.872. The number of amides is 2. The van der Waals surface area contributed by atoms with Crippen molar-refractivity contribution in [2.45, 2.75) is 25.7 Å². The molecule has 1 aromatic rings. The summed E-state index contributed by atoms with van der Waals surface area (Å²) in [6.45, 7) is -0.0717. The summed E-state index contributed by atoms with van der Waals surface area (Å²) in [5.74, 6) is -0.645. The zero-order chi connectivity index (χ0) is 17.2. The van der Waals surface area contributed by atoms with Gasteiger partial charge in [0.15, 0.2) is 6.61 Å². The van der Waals surface area contributed by atoms with Crippen LogP contribution in [-0.2, 0) is 14.4 Å². The second-order valence-corrected chi connectivity index (χ2v) is 6.44. The van der Waals surface area contributed by atoms with Gasteiger partial charge in [-0.15, -0.1) is 0 Å². The van der Waals surface area contributed by atoms with Crippen LogP contribution in [0.5, 0.6) is 5.75 Å². The molecule has 0 spiro atoms. The van der Waals surface area contributed by atoms with Gasteiger partial charge in [-0.25, -0.2) is 0 Å². The highest BCUT2D eigenvalue weighted by Gasteiger charge is 2.50. The summed E-state index contributed by atoms with van der Waals surface area (Å²) in [7, 11) is 0. The van der Waals surface area contributed by atoms with Crippen LogP contribution in [0, 0.1) is 11.3 Å². The lowest BCUT2D eigenvalue weighted by atomic mass is 10.1. The number of aliphatic carboxylic acids is 1. The number of rotatable bonds is 8. The lowest BCUT2D eigenvalue weighted by molar-refractivity contribution is -0.143. The molecule has 0 aliphatic heterocycles. The molecule has 3 N–H and O–H groups in total. The summed E-state index contributed by atoms with van der Waals surface area (Å²) in [5, 5.41) is 14.5. The van der Waals surface area contributed by atoms with E-state index in [1.807, 2.05) is 0 Å². The fraction of sp³-hybridized carbons (Fsp3) is 0.471. The monoisotopic (exact) mass is 332 g/mol. The average molecular weight is 332 g/mol. The molecule has 0 unspecified atom stereocenters. The molecule has 24 heavy (non-hydrogen) atoms. The predicted molar refractivity (Wildman–Crippen MR) is 85.6 cm³/mol. The Balaban J connectivity index is 1.44. The van der Waals surface area contributed by atoms with Gasteiger partial charge in [0.1, 0.15) is 5.75 Å². The number of hydrogen-bond donors (Lipinski definition) is 3. The quantitative estimate of drug-likeness (QED) is 0.667. The number of carboxylic acids is 1. The van der Waals surface area contributed by atoms with Gasteiger partial charge in [-0.1, -0.05) is 6.07 Å². The molecule has 7 heteroatoms. The van der Waals surface area contributed by atoms with E-state index in [4.69, 9.17) is 9.84 Å². The summed E-state index contributed by atoms with van der Waals surface area (Å²) in [4.78, 5) is 34.5. The normalized spacial score (nSPS) is 17.7. The van der Waals surface area contributed by atoms with E-state index in [1.165, 1.54) is 0 Å². The molecule has 2 aliphatic rings. The van der Waals surface area contributed by atoms with Crippen molar-refractivity contribution in [3.63, 3.8) is 0 Å². The highest BCUT2D eigenvalue weighted by molar-refractivity contribution is 5.94. The Bertz CT molecular complexity index is 665. The van der Waals surface area contributed by atoms with Crippen molar-refractivity contribution in [1.82, 2.24) is 5.32 Å². The minimum absolute atomic E-state index is 0.00768. The highest BCUT2D eigenvalue weighted by Crippen LogP contribution is 2.45. The molecule has 1 aromatic carbocycles. The van der Waals surface area contributed by atoms with Crippen molar-refractivity contribution in [2.75, 3.05) is 18.5 Å². The standard InChI is InChI=1S/C17H20N2O5/c20-14(18-10-17(6-7-17)16(22)23)9-24-13-3-1-2-12(8-13)19-15(21)11-4-5-11/h1-3,8,11H,4-7,9-10H2,(H,18,20)(H,19,21)(H,22,23). The maximum absolute atomic E-state index is 11.8. The van der Waals surface area contributed by atoms with Crippen LogP contribution in [-0.4, -0.2) is 36.0 Å². The Kier molecular flexibility index (Phi) is 4.42. The Hall–Kier alpha value is -2.57. The lowest BCUT2D eigenvalue weighted by Crippen LogP contribution is -2.36. The number of benzene rings is 1. The van der Waals surface area contributed by atoms with Gasteiger partial charge in [0, 0.05) is 24.2 Å². The molecule has 128 valence electrons.